The maximum atomic E-state index is 11.6. The van der Waals surface area contributed by atoms with Crippen LogP contribution in [0.5, 0.6) is 0 Å². The highest BCUT2D eigenvalue weighted by Crippen LogP contribution is 2.34. The van der Waals surface area contributed by atoms with Crippen molar-refractivity contribution in [3.63, 3.8) is 0 Å². The van der Waals surface area contributed by atoms with Gasteiger partial charge in [-0.25, -0.2) is 0 Å². The number of hydrogen-bond acceptors (Lipinski definition) is 2. The van der Waals surface area contributed by atoms with Gasteiger partial charge < -0.3 is 10.1 Å². The van der Waals surface area contributed by atoms with Gasteiger partial charge in [-0.2, -0.15) is 0 Å². The number of benzene rings is 2. The lowest BCUT2D eigenvalue weighted by atomic mass is 9.94. The molecule has 1 fully saturated rings. The Morgan fingerprint density at radius 2 is 1.47 bits per heavy atom. The van der Waals surface area contributed by atoms with Crippen LogP contribution in [-0.4, -0.2) is 12.5 Å². The first-order valence-electron chi connectivity index (χ1n) is 6.35. The van der Waals surface area contributed by atoms with Gasteiger partial charge >= 0.3 is 0 Å². The molecule has 0 unspecified atom stereocenters. The van der Waals surface area contributed by atoms with E-state index >= 15 is 0 Å². The molecule has 1 saturated heterocycles. The molecule has 1 N–H and O–H groups in total. The van der Waals surface area contributed by atoms with Crippen LogP contribution in [0.1, 0.15) is 23.3 Å². The second-order valence-electron chi connectivity index (χ2n) is 4.60. The molecule has 2 aromatic rings. The molecule has 3 rings (SSSR count). The van der Waals surface area contributed by atoms with Crippen LogP contribution in [0, 0.1) is 0 Å². The summed E-state index contributed by atoms with van der Waals surface area (Å²) in [5.74, 6) is -0.0685. The third-order valence-electron chi connectivity index (χ3n) is 3.30. The van der Waals surface area contributed by atoms with E-state index in [4.69, 9.17) is 4.74 Å². The fourth-order valence-corrected chi connectivity index (χ4v) is 2.40. The molecular formula is C16H15NO2. The van der Waals surface area contributed by atoms with Crippen LogP contribution in [0.3, 0.4) is 0 Å². The maximum absolute atomic E-state index is 11.6. The lowest BCUT2D eigenvalue weighted by molar-refractivity contribution is -0.137. The van der Waals surface area contributed by atoms with Gasteiger partial charge in [0, 0.05) is 0 Å². The fraction of sp³-hybridized carbons (Fsp3) is 0.188. The molecule has 1 heterocycles. The molecule has 0 aromatic heterocycles. The SMILES string of the molecule is O=C1CO[C@@H](c2ccccc2)[C@@H](c2ccccc2)N1. The minimum atomic E-state index is -0.138. The van der Waals surface area contributed by atoms with E-state index in [1.165, 1.54) is 0 Å². The van der Waals surface area contributed by atoms with Crippen molar-refractivity contribution >= 4 is 5.91 Å². The Morgan fingerprint density at radius 1 is 0.895 bits per heavy atom. The Bertz CT molecular complexity index is 553. The van der Waals surface area contributed by atoms with E-state index in [0.717, 1.165) is 11.1 Å². The number of morpholine rings is 1. The van der Waals surface area contributed by atoms with Gasteiger partial charge in [0.15, 0.2) is 0 Å². The highest BCUT2D eigenvalue weighted by molar-refractivity contribution is 5.78. The molecule has 1 aliphatic heterocycles. The van der Waals surface area contributed by atoms with Gasteiger partial charge in [-0.1, -0.05) is 60.7 Å². The van der Waals surface area contributed by atoms with Crippen LogP contribution in [-0.2, 0) is 9.53 Å². The Labute approximate surface area is 112 Å². The minimum Gasteiger partial charge on any atom is -0.361 e. The van der Waals surface area contributed by atoms with Gasteiger partial charge in [0.25, 0.3) is 0 Å². The van der Waals surface area contributed by atoms with E-state index in [0.29, 0.717) is 0 Å². The topological polar surface area (TPSA) is 38.3 Å². The molecule has 0 aliphatic carbocycles. The highest BCUT2D eigenvalue weighted by atomic mass is 16.5. The summed E-state index contributed by atoms with van der Waals surface area (Å²) in [5.41, 5.74) is 2.14. The zero-order chi connectivity index (χ0) is 13.1. The molecule has 2 aromatic carbocycles. The van der Waals surface area contributed by atoms with Crippen molar-refractivity contribution in [2.75, 3.05) is 6.61 Å². The molecule has 1 aliphatic rings. The number of carbonyl (C=O) groups excluding carboxylic acids is 1. The predicted molar refractivity (Wildman–Crippen MR) is 72.5 cm³/mol. The molecule has 19 heavy (non-hydrogen) atoms. The lowest BCUT2D eigenvalue weighted by Gasteiger charge is -2.33. The van der Waals surface area contributed by atoms with Crippen molar-refractivity contribution in [3.05, 3.63) is 71.8 Å². The first-order valence-corrected chi connectivity index (χ1v) is 6.35. The van der Waals surface area contributed by atoms with E-state index in [2.05, 4.69) is 5.32 Å². The van der Waals surface area contributed by atoms with E-state index in [9.17, 15) is 4.79 Å². The van der Waals surface area contributed by atoms with Crippen LogP contribution < -0.4 is 5.32 Å². The fourth-order valence-electron chi connectivity index (χ4n) is 2.40. The Morgan fingerprint density at radius 3 is 2.11 bits per heavy atom. The van der Waals surface area contributed by atoms with E-state index in [1.54, 1.807) is 0 Å². The molecule has 0 spiro atoms. The number of nitrogens with one attached hydrogen (secondary N) is 1. The van der Waals surface area contributed by atoms with Crippen molar-refractivity contribution in [3.8, 4) is 0 Å². The standard InChI is InChI=1S/C16H15NO2/c18-14-11-19-16(13-9-5-2-6-10-13)15(17-14)12-7-3-1-4-8-12/h1-10,15-16H,11H2,(H,17,18)/t15-,16+/m1/s1. The molecule has 0 radical (unpaired) electrons. The van der Waals surface area contributed by atoms with Crippen molar-refractivity contribution < 1.29 is 9.53 Å². The summed E-state index contributed by atoms with van der Waals surface area (Å²) in [6.45, 7) is 0.114. The normalized spacial score (nSPS) is 22.8. The number of carbonyl (C=O) groups is 1. The minimum absolute atomic E-state index is 0.0685. The molecule has 3 nitrogen and oxygen atoms in total. The third kappa shape index (κ3) is 2.51. The average molecular weight is 253 g/mol. The maximum Gasteiger partial charge on any atom is 0.246 e. The summed E-state index contributed by atoms with van der Waals surface area (Å²) in [6.07, 6.45) is -0.138. The molecule has 3 heteroatoms. The molecule has 0 saturated carbocycles. The number of rotatable bonds is 2. The van der Waals surface area contributed by atoms with Gasteiger partial charge in [0.2, 0.25) is 5.91 Å². The zero-order valence-electron chi connectivity index (χ0n) is 10.5. The molecule has 0 bridgehead atoms. The largest absolute Gasteiger partial charge is 0.361 e. The van der Waals surface area contributed by atoms with Crippen LogP contribution in [0.25, 0.3) is 0 Å². The summed E-state index contributed by atoms with van der Waals surface area (Å²) < 4.78 is 5.73. The molecule has 1 amide bonds. The highest BCUT2D eigenvalue weighted by Gasteiger charge is 2.31. The second kappa shape index (κ2) is 5.24. The predicted octanol–water partition coefficient (Wildman–Crippen LogP) is 2.62. The van der Waals surface area contributed by atoms with Gasteiger partial charge in [-0.3, -0.25) is 4.79 Å². The van der Waals surface area contributed by atoms with Crippen LogP contribution in [0.15, 0.2) is 60.7 Å². The van der Waals surface area contributed by atoms with Crippen LogP contribution in [0.2, 0.25) is 0 Å². The number of hydrogen-bond donors (Lipinski definition) is 1. The van der Waals surface area contributed by atoms with Gasteiger partial charge in [-0.15, -0.1) is 0 Å². The molecule has 96 valence electrons. The summed E-state index contributed by atoms with van der Waals surface area (Å²) in [7, 11) is 0. The van der Waals surface area contributed by atoms with Crippen molar-refractivity contribution in [2.24, 2.45) is 0 Å². The molecule has 2 atom stereocenters. The van der Waals surface area contributed by atoms with Crippen LogP contribution >= 0.6 is 0 Å². The summed E-state index contributed by atoms with van der Waals surface area (Å²) in [6, 6.07) is 19.8. The number of ether oxygens (including phenoxy) is 1. The number of amides is 1. The van der Waals surface area contributed by atoms with Crippen molar-refractivity contribution in [2.45, 2.75) is 12.1 Å². The van der Waals surface area contributed by atoms with E-state index in [-0.39, 0.29) is 24.7 Å². The van der Waals surface area contributed by atoms with Gasteiger partial charge in [0.1, 0.15) is 12.7 Å². The summed E-state index contributed by atoms with van der Waals surface area (Å²) in [5, 5.41) is 3.02. The summed E-state index contributed by atoms with van der Waals surface area (Å²) >= 11 is 0. The van der Waals surface area contributed by atoms with E-state index in [1.807, 2.05) is 60.7 Å². The first kappa shape index (κ1) is 11.9. The van der Waals surface area contributed by atoms with Gasteiger partial charge in [-0.05, 0) is 11.1 Å². The van der Waals surface area contributed by atoms with E-state index < -0.39 is 0 Å². The molecular weight excluding hydrogens is 238 g/mol. The summed E-state index contributed by atoms with van der Waals surface area (Å²) in [4.78, 5) is 11.6. The Kier molecular flexibility index (Phi) is 3.29. The monoisotopic (exact) mass is 253 g/mol. The Balaban J connectivity index is 1.95. The smallest absolute Gasteiger partial charge is 0.246 e. The lowest BCUT2D eigenvalue weighted by Crippen LogP contribution is -2.41. The van der Waals surface area contributed by atoms with Crippen molar-refractivity contribution in [1.29, 1.82) is 0 Å². The quantitative estimate of drug-likeness (QED) is 0.893. The zero-order valence-corrected chi connectivity index (χ0v) is 10.5. The van der Waals surface area contributed by atoms with Crippen molar-refractivity contribution in [1.82, 2.24) is 5.32 Å². The average Bonchev–Trinajstić information content (AvgIpc) is 2.49. The van der Waals surface area contributed by atoms with Crippen LogP contribution in [0.4, 0.5) is 0 Å². The first-order chi connectivity index (χ1) is 9.34. The Hall–Kier alpha value is -2.13. The second-order valence-corrected chi connectivity index (χ2v) is 4.60. The third-order valence-corrected chi connectivity index (χ3v) is 3.30. The van der Waals surface area contributed by atoms with Gasteiger partial charge in [0.05, 0.1) is 6.04 Å².